The van der Waals surface area contributed by atoms with Gasteiger partial charge >= 0.3 is 12.1 Å². The van der Waals surface area contributed by atoms with E-state index in [1.807, 2.05) is 13.8 Å². The molecule has 0 aliphatic rings. The van der Waals surface area contributed by atoms with Crippen LogP contribution < -0.4 is 5.73 Å². The molecular formula is C25H24F3N3O3. The number of aromatic nitrogens is 2. The van der Waals surface area contributed by atoms with Crippen LogP contribution >= 0.6 is 0 Å². The molecule has 9 heteroatoms. The Hall–Kier alpha value is -3.64. The lowest BCUT2D eigenvalue weighted by Gasteiger charge is -2.15. The van der Waals surface area contributed by atoms with E-state index >= 15 is 0 Å². The minimum Gasteiger partial charge on any atom is -0.460 e. The minimum absolute atomic E-state index is 0.00765. The Morgan fingerprint density at radius 1 is 1.12 bits per heavy atom. The average Bonchev–Trinajstić information content (AvgIpc) is 3.27. The number of furan rings is 1. The molecule has 3 aromatic rings. The van der Waals surface area contributed by atoms with Crippen molar-refractivity contribution in [2.24, 2.45) is 5.73 Å². The second-order valence-electron chi connectivity index (χ2n) is 7.81. The zero-order chi connectivity index (χ0) is 25.0. The highest BCUT2D eigenvalue weighted by Gasteiger charge is 2.30. The lowest BCUT2D eigenvalue weighted by atomic mass is 10.0. The molecule has 1 atom stereocenters. The van der Waals surface area contributed by atoms with Crippen LogP contribution in [0.2, 0.25) is 0 Å². The Balaban J connectivity index is 2.03. The van der Waals surface area contributed by atoms with Crippen molar-refractivity contribution in [1.29, 1.82) is 0 Å². The van der Waals surface area contributed by atoms with Crippen molar-refractivity contribution in [2.75, 3.05) is 6.61 Å². The van der Waals surface area contributed by atoms with Gasteiger partial charge < -0.3 is 14.9 Å². The van der Waals surface area contributed by atoms with Crippen LogP contribution in [0.3, 0.4) is 0 Å². The molecular weight excluding hydrogens is 447 g/mol. The normalized spacial score (nSPS) is 12.3. The van der Waals surface area contributed by atoms with Crippen LogP contribution in [-0.2, 0) is 10.9 Å². The number of halogens is 3. The van der Waals surface area contributed by atoms with Gasteiger partial charge in [-0.15, -0.1) is 0 Å². The maximum atomic E-state index is 12.8. The fraction of sp³-hybridized carbons (Fsp3) is 0.320. The van der Waals surface area contributed by atoms with Gasteiger partial charge in [0.1, 0.15) is 17.6 Å². The zero-order valence-corrected chi connectivity index (χ0v) is 19.2. The minimum atomic E-state index is -4.42. The number of carbonyl (C=O) groups is 1. The molecule has 0 saturated heterocycles. The molecule has 0 saturated carbocycles. The number of benzene rings is 1. The van der Waals surface area contributed by atoms with E-state index in [0.29, 0.717) is 28.3 Å². The summed E-state index contributed by atoms with van der Waals surface area (Å²) in [5.74, 6) is 6.07. The third kappa shape index (κ3) is 5.64. The van der Waals surface area contributed by atoms with Crippen LogP contribution in [-0.4, -0.2) is 22.5 Å². The Bertz CT molecular complexity index is 1240. The fourth-order valence-electron chi connectivity index (χ4n) is 3.10. The van der Waals surface area contributed by atoms with Crippen molar-refractivity contribution in [1.82, 2.24) is 9.97 Å². The van der Waals surface area contributed by atoms with E-state index in [1.165, 1.54) is 18.2 Å². The van der Waals surface area contributed by atoms with Gasteiger partial charge in [-0.1, -0.05) is 25.7 Å². The summed E-state index contributed by atoms with van der Waals surface area (Å²) in [6.07, 6.45) is -4.42. The van der Waals surface area contributed by atoms with E-state index in [2.05, 4.69) is 21.8 Å². The molecule has 0 bridgehead atoms. The van der Waals surface area contributed by atoms with Crippen molar-refractivity contribution >= 4 is 5.97 Å². The van der Waals surface area contributed by atoms with Crippen LogP contribution in [0.5, 0.6) is 0 Å². The van der Waals surface area contributed by atoms with Crippen LogP contribution in [0.4, 0.5) is 13.2 Å². The summed E-state index contributed by atoms with van der Waals surface area (Å²) in [5.41, 5.74) is 7.48. The van der Waals surface area contributed by atoms with Gasteiger partial charge in [0.05, 0.1) is 29.1 Å². The molecule has 0 amide bonds. The first-order chi connectivity index (χ1) is 16.0. The first-order valence-corrected chi connectivity index (χ1v) is 10.6. The quantitative estimate of drug-likeness (QED) is 0.409. The Morgan fingerprint density at radius 2 is 1.79 bits per heavy atom. The van der Waals surface area contributed by atoms with E-state index in [0.717, 1.165) is 12.1 Å². The van der Waals surface area contributed by atoms with Crippen LogP contribution in [0, 0.1) is 18.8 Å². The third-order valence-electron chi connectivity index (χ3n) is 4.90. The van der Waals surface area contributed by atoms with Gasteiger partial charge in [0, 0.05) is 11.5 Å². The number of carbonyl (C=O) groups excluding carboxylic acids is 1. The van der Waals surface area contributed by atoms with Crippen LogP contribution in [0.25, 0.3) is 0 Å². The number of rotatable bonds is 5. The molecule has 2 N–H and O–H groups in total. The van der Waals surface area contributed by atoms with E-state index in [1.54, 1.807) is 19.9 Å². The predicted octanol–water partition coefficient (Wildman–Crippen LogP) is 5.14. The standard InChI is InChI=1S/C25H24F3N3O3/c1-5-33-24(32)20-13-12-19(34-20)21(29)22-18(15(4)30-23(31-22)14(2)3)11-8-16-6-9-17(10-7-16)25(26,27)28/h6-7,9-10,12-14,21H,5,29H2,1-4H3. The molecule has 34 heavy (non-hydrogen) atoms. The number of nitrogens with zero attached hydrogens (tertiary/aromatic N) is 2. The molecule has 178 valence electrons. The summed E-state index contributed by atoms with van der Waals surface area (Å²) in [4.78, 5) is 21.0. The lowest BCUT2D eigenvalue weighted by molar-refractivity contribution is -0.137. The van der Waals surface area contributed by atoms with Gasteiger partial charge in [-0.05, 0) is 50.2 Å². The van der Waals surface area contributed by atoms with E-state index in [4.69, 9.17) is 14.9 Å². The molecule has 1 aromatic carbocycles. The number of nitrogens with two attached hydrogens (primary N) is 1. The summed E-state index contributed by atoms with van der Waals surface area (Å²) in [7, 11) is 0. The zero-order valence-electron chi connectivity index (χ0n) is 19.2. The summed E-state index contributed by atoms with van der Waals surface area (Å²) in [6.45, 7) is 7.51. The number of esters is 1. The van der Waals surface area contributed by atoms with E-state index in [-0.39, 0.29) is 24.0 Å². The SMILES string of the molecule is CCOC(=O)c1ccc(C(N)c2nc(C(C)C)nc(C)c2C#Cc2ccc(C(F)(F)F)cc2)o1. The summed E-state index contributed by atoms with van der Waals surface area (Å²) in [5, 5.41) is 0. The van der Waals surface area contributed by atoms with Gasteiger partial charge in [-0.25, -0.2) is 14.8 Å². The molecule has 0 aliphatic heterocycles. The van der Waals surface area contributed by atoms with Crippen LogP contribution in [0.15, 0.2) is 40.8 Å². The predicted molar refractivity (Wildman–Crippen MR) is 119 cm³/mol. The van der Waals surface area contributed by atoms with Crippen LogP contribution in [0.1, 0.15) is 82.9 Å². The van der Waals surface area contributed by atoms with Gasteiger partial charge in [0.15, 0.2) is 0 Å². The molecule has 2 heterocycles. The first kappa shape index (κ1) is 25.0. The highest BCUT2D eigenvalue weighted by Crippen LogP contribution is 2.29. The summed E-state index contributed by atoms with van der Waals surface area (Å²) < 4.78 is 49.0. The van der Waals surface area contributed by atoms with Gasteiger partial charge in [-0.2, -0.15) is 13.2 Å². The largest absolute Gasteiger partial charge is 0.460 e. The average molecular weight is 471 g/mol. The summed E-state index contributed by atoms with van der Waals surface area (Å²) >= 11 is 0. The Kier molecular flexibility index (Phi) is 7.42. The van der Waals surface area contributed by atoms with Crippen molar-refractivity contribution in [3.05, 3.63) is 81.8 Å². The van der Waals surface area contributed by atoms with E-state index < -0.39 is 23.8 Å². The fourth-order valence-corrected chi connectivity index (χ4v) is 3.10. The van der Waals surface area contributed by atoms with Gasteiger partial charge in [0.25, 0.3) is 0 Å². The van der Waals surface area contributed by atoms with Gasteiger partial charge in [-0.3, -0.25) is 0 Å². The Labute approximate surface area is 195 Å². The topological polar surface area (TPSA) is 91.2 Å². The second-order valence-corrected chi connectivity index (χ2v) is 7.81. The Morgan fingerprint density at radius 3 is 2.38 bits per heavy atom. The highest BCUT2D eigenvalue weighted by atomic mass is 19.4. The lowest BCUT2D eigenvalue weighted by Crippen LogP contribution is -2.18. The number of alkyl halides is 3. The summed E-state index contributed by atoms with van der Waals surface area (Å²) in [6, 6.07) is 6.72. The van der Waals surface area contributed by atoms with E-state index in [9.17, 15) is 18.0 Å². The monoisotopic (exact) mass is 471 g/mol. The molecule has 3 rings (SSSR count). The third-order valence-corrected chi connectivity index (χ3v) is 4.90. The second kappa shape index (κ2) is 10.1. The number of aryl methyl sites for hydroxylation is 1. The number of ether oxygens (including phenoxy) is 1. The number of hydrogen-bond acceptors (Lipinski definition) is 6. The maximum Gasteiger partial charge on any atom is 0.416 e. The molecule has 0 aliphatic carbocycles. The smallest absolute Gasteiger partial charge is 0.416 e. The first-order valence-electron chi connectivity index (χ1n) is 10.6. The van der Waals surface area contributed by atoms with Gasteiger partial charge in [0.2, 0.25) is 5.76 Å². The maximum absolute atomic E-state index is 12.8. The molecule has 0 fully saturated rings. The molecule has 1 unspecified atom stereocenters. The molecule has 0 radical (unpaired) electrons. The molecule has 2 aromatic heterocycles. The van der Waals surface area contributed by atoms with Crippen molar-refractivity contribution in [3.63, 3.8) is 0 Å². The van der Waals surface area contributed by atoms with Crippen molar-refractivity contribution < 1.29 is 27.1 Å². The molecule has 6 nitrogen and oxygen atoms in total. The number of hydrogen-bond donors (Lipinski definition) is 1. The van der Waals surface area contributed by atoms with Crippen molar-refractivity contribution in [2.45, 2.75) is 45.8 Å². The molecule has 0 spiro atoms. The highest BCUT2D eigenvalue weighted by molar-refractivity contribution is 5.86. The van der Waals surface area contributed by atoms with Crippen molar-refractivity contribution in [3.8, 4) is 11.8 Å².